The molecule has 36 heavy (non-hydrogen) atoms. The van der Waals surface area contributed by atoms with Crippen LogP contribution >= 0.6 is 15.9 Å². The Kier molecular flexibility index (Phi) is 7.25. The van der Waals surface area contributed by atoms with Gasteiger partial charge in [0, 0.05) is 23.3 Å². The highest BCUT2D eigenvalue weighted by atomic mass is 79.9. The second kappa shape index (κ2) is 10.7. The van der Waals surface area contributed by atoms with Crippen molar-refractivity contribution in [3.8, 4) is 17.2 Å². The molecule has 2 amide bonds. The number of ether oxygens (including phenoxy) is 2. The van der Waals surface area contributed by atoms with Crippen LogP contribution in [0.1, 0.15) is 21.5 Å². The molecule has 11 nitrogen and oxygen atoms in total. The highest BCUT2D eigenvalue weighted by Crippen LogP contribution is 2.33. The summed E-state index contributed by atoms with van der Waals surface area (Å²) < 4.78 is 10.7. The summed E-state index contributed by atoms with van der Waals surface area (Å²) in [4.78, 5) is 36.1. The lowest BCUT2D eigenvalue weighted by Gasteiger charge is -2.09. The van der Waals surface area contributed by atoms with Crippen LogP contribution in [0.15, 0.2) is 75.9 Å². The fraction of sp³-hybridized carbons (Fsp3) is 0.0417. The van der Waals surface area contributed by atoms with Gasteiger partial charge in [0.2, 0.25) is 6.79 Å². The third-order valence-electron chi connectivity index (χ3n) is 4.89. The number of rotatable bonds is 7. The van der Waals surface area contributed by atoms with Crippen LogP contribution < -0.4 is 20.2 Å². The molecule has 1 heterocycles. The van der Waals surface area contributed by atoms with Gasteiger partial charge in [-0.3, -0.25) is 19.7 Å². The molecule has 0 fully saturated rings. The average Bonchev–Trinajstić information content (AvgIpc) is 3.34. The highest BCUT2D eigenvalue weighted by molar-refractivity contribution is 9.10. The van der Waals surface area contributed by atoms with Gasteiger partial charge in [-0.2, -0.15) is 5.10 Å². The average molecular weight is 553 g/mol. The van der Waals surface area contributed by atoms with Gasteiger partial charge in [0.25, 0.3) is 17.5 Å². The Morgan fingerprint density at radius 3 is 2.58 bits per heavy atom. The van der Waals surface area contributed by atoms with Crippen molar-refractivity contribution in [2.24, 2.45) is 5.10 Å². The normalized spacial score (nSPS) is 12.4. The number of nitrogens with one attached hydrogen (secondary N) is 2. The molecule has 182 valence electrons. The summed E-state index contributed by atoms with van der Waals surface area (Å²) in [6.45, 7) is 0.0793. The Balaban J connectivity index is 1.59. The van der Waals surface area contributed by atoms with Gasteiger partial charge in [0.15, 0.2) is 11.5 Å². The van der Waals surface area contributed by atoms with Crippen LogP contribution in [-0.4, -0.2) is 34.9 Å². The molecule has 0 aliphatic carbocycles. The summed E-state index contributed by atoms with van der Waals surface area (Å²) in [5.41, 5.74) is 2.70. The summed E-state index contributed by atoms with van der Waals surface area (Å²) in [7, 11) is 0. The predicted molar refractivity (Wildman–Crippen MR) is 133 cm³/mol. The van der Waals surface area contributed by atoms with E-state index in [9.17, 15) is 24.8 Å². The Bertz CT molecular complexity index is 1410. The maximum atomic E-state index is 12.9. The van der Waals surface area contributed by atoms with Gasteiger partial charge in [0.1, 0.15) is 11.4 Å². The van der Waals surface area contributed by atoms with Crippen molar-refractivity contribution in [2.45, 2.75) is 0 Å². The minimum Gasteiger partial charge on any atom is -0.506 e. The number of aromatic hydroxyl groups is 1. The predicted octanol–water partition coefficient (Wildman–Crippen LogP) is 3.71. The van der Waals surface area contributed by atoms with Crippen molar-refractivity contribution in [3.63, 3.8) is 0 Å². The van der Waals surface area contributed by atoms with E-state index in [0.717, 1.165) is 18.3 Å². The van der Waals surface area contributed by atoms with E-state index in [1.807, 2.05) is 0 Å². The molecular formula is C24H17BrN4O7. The zero-order valence-electron chi connectivity index (χ0n) is 18.3. The SMILES string of the molecule is O=C(N/N=C\c1cc([N+](=O)[O-])cc(Br)c1O)/C(=C\c1ccc2c(c1)OCO2)NC(=O)c1ccccc1. The Hall–Kier alpha value is -4.71. The molecule has 0 spiro atoms. The number of hydrazone groups is 1. The zero-order chi connectivity index (χ0) is 25.7. The van der Waals surface area contributed by atoms with E-state index in [1.165, 1.54) is 6.08 Å². The summed E-state index contributed by atoms with van der Waals surface area (Å²) in [5, 5.41) is 27.5. The molecular weight excluding hydrogens is 536 g/mol. The third kappa shape index (κ3) is 5.67. The van der Waals surface area contributed by atoms with Crippen LogP contribution in [0.3, 0.4) is 0 Å². The number of phenolic OH excluding ortho intramolecular Hbond substituents is 1. The largest absolute Gasteiger partial charge is 0.506 e. The number of carbonyl (C=O) groups is 2. The van der Waals surface area contributed by atoms with Crippen molar-refractivity contribution >= 4 is 45.7 Å². The fourth-order valence-corrected chi connectivity index (χ4v) is 3.61. The van der Waals surface area contributed by atoms with Gasteiger partial charge in [-0.05, 0) is 51.8 Å². The Labute approximate surface area is 212 Å². The lowest BCUT2D eigenvalue weighted by molar-refractivity contribution is -0.385. The Morgan fingerprint density at radius 2 is 1.83 bits per heavy atom. The second-order valence-corrected chi connectivity index (χ2v) is 8.17. The van der Waals surface area contributed by atoms with Gasteiger partial charge in [-0.15, -0.1) is 0 Å². The first-order valence-electron chi connectivity index (χ1n) is 10.3. The molecule has 0 atom stereocenters. The maximum absolute atomic E-state index is 12.9. The Morgan fingerprint density at radius 1 is 1.08 bits per heavy atom. The first-order valence-corrected chi connectivity index (χ1v) is 11.1. The number of phenols is 1. The smallest absolute Gasteiger partial charge is 0.287 e. The fourth-order valence-electron chi connectivity index (χ4n) is 3.14. The van der Waals surface area contributed by atoms with E-state index in [-0.39, 0.29) is 34.0 Å². The third-order valence-corrected chi connectivity index (χ3v) is 5.50. The number of nitro benzene ring substituents is 1. The topological polar surface area (TPSA) is 152 Å². The van der Waals surface area contributed by atoms with E-state index < -0.39 is 16.7 Å². The molecule has 0 saturated carbocycles. The van der Waals surface area contributed by atoms with E-state index in [4.69, 9.17) is 9.47 Å². The second-order valence-electron chi connectivity index (χ2n) is 7.31. The van der Waals surface area contributed by atoms with Crippen LogP contribution in [0.25, 0.3) is 6.08 Å². The number of nitrogens with zero attached hydrogens (tertiary/aromatic N) is 2. The first-order chi connectivity index (χ1) is 17.3. The molecule has 0 unspecified atom stereocenters. The minimum absolute atomic E-state index is 0.00834. The monoisotopic (exact) mass is 552 g/mol. The zero-order valence-corrected chi connectivity index (χ0v) is 19.9. The molecule has 0 bridgehead atoms. The standard InChI is InChI=1S/C24H17BrN4O7/c25-18-11-17(29(33)34)10-16(22(18)30)12-26-28-24(32)19(27-23(31)15-4-2-1-3-5-15)8-14-6-7-20-21(9-14)36-13-35-20/h1-12,30H,13H2,(H,27,31)(H,28,32)/b19-8+,26-12-. The summed E-state index contributed by atoms with van der Waals surface area (Å²) >= 11 is 3.04. The van der Waals surface area contributed by atoms with Crippen molar-refractivity contribution in [2.75, 3.05) is 6.79 Å². The number of hydrogen-bond donors (Lipinski definition) is 3. The molecule has 4 rings (SSSR count). The molecule has 3 aromatic carbocycles. The van der Waals surface area contributed by atoms with E-state index >= 15 is 0 Å². The number of carbonyl (C=O) groups excluding carboxylic acids is 2. The van der Waals surface area contributed by atoms with E-state index in [0.29, 0.717) is 22.6 Å². The molecule has 0 saturated heterocycles. The van der Waals surface area contributed by atoms with Crippen molar-refractivity contribution < 1.29 is 29.1 Å². The molecule has 0 aromatic heterocycles. The molecule has 12 heteroatoms. The summed E-state index contributed by atoms with van der Waals surface area (Å²) in [5.74, 6) is -0.562. The van der Waals surface area contributed by atoms with Gasteiger partial charge in [-0.25, -0.2) is 5.43 Å². The number of amides is 2. The van der Waals surface area contributed by atoms with Crippen molar-refractivity contribution in [1.29, 1.82) is 0 Å². The van der Waals surface area contributed by atoms with Crippen LogP contribution in [-0.2, 0) is 4.79 Å². The highest BCUT2D eigenvalue weighted by Gasteiger charge is 2.17. The molecule has 3 aromatic rings. The van der Waals surface area contributed by atoms with Gasteiger partial charge in [0.05, 0.1) is 15.6 Å². The number of benzene rings is 3. The van der Waals surface area contributed by atoms with Crippen LogP contribution in [0.4, 0.5) is 5.69 Å². The van der Waals surface area contributed by atoms with E-state index in [2.05, 4.69) is 31.8 Å². The molecule has 1 aliphatic heterocycles. The van der Waals surface area contributed by atoms with Gasteiger partial charge < -0.3 is 19.9 Å². The molecule has 1 aliphatic rings. The van der Waals surface area contributed by atoms with E-state index in [1.54, 1.807) is 48.5 Å². The van der Waals surface area contributed by atoms with Crippen LogP contribution in [0.2, 0.25) is 0 Å². The number of halogens is 1. The van der Waals surface area contributed by atoms with Gasteiger partial charge in [-0.1, -0.05) is 24.3 Å². The lowest BCUT2D eigenvalue weighted by Crippen LogP contribution is -2.32. The molecule has 0 radical (unpaired) electrons. The number of fused-ring (bicyclic) bond motifs is 1. The minimum atomic E-state index is -0.780. The summed E-state index contributed by atoms with van der Waals surface area (Å²) in [6, 6.07) is 15.5. The maximum Gasteiger partial charge on any atom is 0.287 e. The van der Waals surface area contributed by atoms with Crippen molar-refractivity contribution in [1.82, 2.24) is 10.7 Å². The first kappa shape index (κ1) is 24.4. The molecule has 3 N–H and O–H groups in total. The lowest BCUT2D eigenvalue weighted by atomic mass is 10.1. The number of hydrogen-bond acceptors (Lipinski definition) is 8. The van der Waals surface area contributed by atoms with Crippen molar-refractivity contribution in [3.05, 3.63) is 97.6 Å². The number of nitro groups is 1. The van der Waals surface area contributed by atoms with Gasteiger partial charge >= 0.3 is 0 Å². The quantitative estimate of drug-likeness (QED) is 0.175. The summed E-state index contributed by atoms with van der Waals surface area (Å²) in [6.07, 6.45) is 2.47. The van der Waals surface area contributed by atoms with Crippen LogP contribution in [0, 0.1) is 10.1 Å². The van der Waals surface area contributed by atoms with Crippen LogP contribution in [0.5, 0.6) is 17.2 Å². The number of non-ortho nitro benzene ring substituents is 1.